The molecule has 0 aliphatic carbocycles. The van der Waals surface area contributed by atoms with Crippen molar-refractivity contribution in [2.45, 2.75) is 26.4 Å². The van der Waals surface area contributed by atoms with Crippen molar-refractivity contribution in [3.8, 4) is 17.1 Å². The number of benzene rings is 3. The number of carbonyl (C=O) groups excluding carboxylic acids is 1. The number of hydrogen-bond donors (Lipinski definition) is 1. The molecule has 1 atom stereocenters. The van der Waals surface area contributed by atoms with E-state index in [4.69, 9.17) is 9.26 Å². The Morgan fingerprint density at radius 2 is 1.83 bits per heavy atom. The van der Waals surface area contributed by atoms with Gasteiger partial charge in [0, 0.05) is 11.3 Å². The minimum atomic E-state index is -0.666. The molecule has 1 N–H and O–H groups in total. The molecule has 0 radical (unpaired) electrons. The third kappa shape index (κ3) is 4.57. The number of aromatic nitrogens is 2. The lowest BCUT2D eigenvalue weighted by atomic mass is 9.94. The average molecular weight is 485 g/mol. The molecule has 3 aromatic carbocycles. The summed E-state index contributed by atoms with van der Waals surface area (Å²) in [4.78, 5) is 19.5. The molecule has 2 amide bonds. The zero-order valence-electron chi connectivity index (χ0n) is 20.2. The molecule has 1 aliphatic rings. The lowest BCUT2D eigenvalue weighted by Gasteiger charge is -2.35. The summed E-state index contributed by atoms with van der Waals surface area (Å²) in [6, 6.07) is 20.5. The Labute approximate surface area is 208 Å². The molecule has 7 nitrogen and oxygen atoms in total. The molecule has 0 fully saturated rings. The van der Waals surface area contributed by atoms with Gasteiger partial charge in [0.15, 0.2) is 0 Å². The highest BCUT2D eigenvalue weighted by molar-refractivity contribution is 5.86. The average Bonchev–Trinajstić information content (AvgIpc) is 3.36. The maximum absolute atomic E-state index is 14.1. The van der Waals surface area contributed by atoms with Crippen LogP contribution in [0.3, 0.4) is 0 Å². The summed E-state index contributed by atoms with van der Waals surface area (Å²) in [5.74, 6) is 0.986. The van der Waals surface area contributed by atoms with Gasteiger partial charge >= 0.3 is 6.03 Å². The quantitative estimate of drug-likeness (QED) is 0.369. The van der Waals surface area contributed by atoms with Crippen LogP contribution in [0.5, 0.6) is 5.75 Å². The molecule has 0 bridgehead atoms. The fourth-order valence-corrected chi connectivity index (χ4v) is 4.29. The molecule has 2 heterocycles. The first-order valence-electron chi connectivity index (χ1n) is 11.5. The predicted octanol–water partition coefficient (Wildman–Crippen LogP) is 5.89. The van der Waals surface area contributed by atoms with Crippen LogP contribution >= 0.6 is 0 Å². The Balaban J connectivity index is 1.59. The van der Waals surface area contributed by atoms with E-state index in [2.05, 4.69) is 15.5 Å². The number of nitrogens with zero attached hydrogens (tertiary/aromatic N) is 3. The van der Waals surface area contributed by atoms with Crippen molar-refractivity contribution in [3.63, 3.8) is 0 Å². The maximum Gasteiger partial charge on any atom is 0.322 e. The molecule has 1 unspecified atom stereocenters. The Bertz CT molecular complexity index is 1450. The number of methoxy groups -OCH3 is 1. The van der Waals surface area contributed by atoms with Crippen molar-refractivity contribution in [2.24, 2.45) is 0 Å². The number of hydrogen-bond acceptors (Lipinski definition) is 5. The molecule has 0 saturated carbocycles. The number of nitrogens with one attached hydrogen (secondary N) is 1. The monoisotopic (exact) mass is 484 g/mol. The molecule has 1 aromatic heterocycles. The van der Waals surface area contributed by atoms with Crippen LogP contribution in [0, 0.1) is 12.7 Å². The first-order valence-corrected chi connectivity index (χ1v) is 11.5. The maximum atomic E-state index is 14.1. The molecule has 1 aliphatic heterocycles. The second-order valence-electron chi connectivity index (χ2n) is 8.66. The highest BCUT2D eigenvalue weighted by Crippen LogP contribution is 2.38. The smallest absolute Gasteiger partial charge is 0.322 e. The number of amides is 2. The van der Waals surface area contributed by atoms with E-state index in [0.29, 0.717) is 35.0 Å². The van der Waals surface area contributed by atoms with Crippen LogP contribution in [-0.4, -0.2) is 28.2 Å². The fourth-order valence-electron chi connectivity index (χ4n) is 4.29. The fraction of sp³-hybridized carbons (Fsp3) is 0.179. The van der Waals surface area contributed by atoms with Crippen LogP contribution in [0.1, 0.15) is 35.5 Å². The van der Waals surface area contributed by atoms with E-state index in [9.17, 15) is 9.18 Å². The van der Waals surface area contributed by atoms with Crippen molar-refractivity contribution in [2.75, 3.05) is 7.11 Å². The molecule has 36 heavy (non-hydrogen) atoms. The van der Waals surface area contributed by atoms with Crippen molar-refractivity contribution < 1.29 is 18.4 Å². The van der Waals surface area contributed by atoms with E-state index < -0.39 is 11.9 Å². The van der Waals surface area contributed by atoms with Gasteiger partial charge < -0.3 is 14.6 Å². The molecular weight excluding hydrogens is 459 g/mol. The van der Waals surface area contributed by atoms with E-state index in [1.165, 1.54) is 12.1 Å². The molecule has 0 spiro atoms. The predicted molar refractivity (Wildman–Crippen MR) is 133 cm³/mol. The SMILES string of the molecule is COc1cccc(CN2C(=O)NC(c3cccc(F)c3)C(c3nc(-c4ccc(C)cc4)no3)=C2C)c1. The Morgan fingerprint density at radius 1 is 1.06 bits per heavy atom. The molecule has 8 heteroatoms. The minimum absolute atomic E-state index is 0.257. The largest absolute Gasteiger partial charge is 0.497 e. The Hall–Kier alpha value is -4.46. The van der Waals surface area contributed by atoms with E-state index >= 15 is 0 Å². The van der Waals surface area contributed by atoms with Crippen LogP contribution in [-0.2, 0) is 6.54 Å². The van der Waals surface area contributed by atoms with Gasteiger partial charge in [-0.05, 0) is 49.2 Å². The number of carbonyl (C=O) groups is 1. The summed E-state index contributed by atoms with van der Waals surface area (Å²) >= 11 is 0. The van der Waals surface area contributed by atoms with Gasteiger partial charge in [-0.25, -0.2) is 9.18 Å². The first kappa shape index (κ1) is 23.3. The van der Waals surface area contributed by atoms with Gasteiger partial charge in [0.05, 0.1) is 25.3 Å². The van der Waals surface area contributed by atoms with Gasteiger partial charge in [0.25, 0.3) is 5.89 Å². The second kappa shape index (κ2) is 9.65. The number of ether oxygens (including phenoxy) is 1. The van der Waals surface area contributed by atoms with Crippen LogP contribution < -0.4 is 10.1 Å². The van der Waals surface area contributed by atoms with Crippen molar-refractivity contribution in [1.29, 1.82) is 0 Å². The summed E-state index contributed by atoms with van der Waals surface area (Å²) < 4.78 is 25.2. The van der Waals surface area contributed by atoms with Gasteiger partial charge in [-0.1, -0.05) is 59.3 Å². The number of allylic oxidation sites excluding steroid dienone is 1. The molecule has 0 saturated heterocycles. The minimum Gasteiger partial charge on any atom is -0.497 e. The normalized spacial score (nSPS) is 15.7. The Morgan fingerprint density at radius 3 is 2.58 bits per heavy atom. The van der Waals surface area contributed by atoms with Crippen molar-refractivity contribution in [3.05, 3.63) is 107 Å². The van der Waals surface area contributed by atoms with E-state index in [-0.39, 0.29) is 11.9 Å². The third-order valence-electron chi connectivity index (χ3n) is 6.22. The van der Waals surface area contributed by atoms with E-state index in [1.54, 1.807) is 24.1 Å². The molecular formula is C28H25FN4O3. The van der Waals surface area contributed by atoms with Gasteiger partial charge in [-0.15, -0.1) is 0 Å². The molecule has 5 rings (SSSR count). The van der Waals surface area contributed by atoms with Gasteiger partial charge in [0.2, 0.25) is 5.82 Å². The molecule has 182 valence electrons. The number of rotatable bonds is 6. The van der Waals surface area contributed by atoms with Crippen LogP contribution in [0.25, 0.3) is 17.0 Å². The summed E-state index contributed by atoms with van der Waals surface area (Å²) in [6.45, 7) is 4.13. The van der Waals surface area contributed by atoms with Crippen LogP contribution in [0.2, 0.25) is 0 Å². The number of urea groups is 1. The standard InChI is InChI=1S/C28H25FN4O3/c1-17-10-12-20(13-11-17)26-31-27(36-32-26)24-18(2)33(16-19-6-4-9-23(14-19)35-3)28(34)30-25(24)21-7-5-8-22(29)15-21/h4-15,25H,16H2,1-3H3,(H,30,34). The van der Waals surface area contributed by atoms with Crippen molar-refractivity contribution in [1.82, 2.24) is 20.4 Å². The van der Waals surface area contributed by atoms with Crippen molar-refractivity contribution >= 4 is 11.6 Å². The Kier molecular flexibility index (Phi) is 6.25. The number of aryl methyl sites for hydroxylation is 1. The van der Waals surface area contributed by atoms with Crippen LogP contribution in [0.4, 0.5) is 9.18 Å². The summed E-state index contributed by atoms with van der Waals surface area (Å²) in [5.41, 5.74) is 4.63. The topological polar surface area (TPSA) is 80.5 Å². The summed E-state index contributed by atoms with van der Waals surface area (Å²) in [7, 11) is 1.60. The van der Waals surface area contributed by atoms with Gasteiger partial charge in [-0.3, -0.25) is 4.90 Å². The highest BCUT2D eigenvalue weighted by atomic mass is 19.1. The van der Waals surface area contributed by atoms with Crippen LogP contribution in [0.15, 0.2) is 83.0 Å². The summed E-state index contributed by atoms with van der Waals surface area (Å²) in [6.07, 6.45) is 0. The zero-order valence-corrected chi connectivity index (χ0v) is 20.2. The first-order chi connectivity index (χ1) is 17.4. The lowest BCUT2D eigenvalue weighted by molar-refractivity contribution is 0.203. The van der Waals surface area contributed by atoms with E-state index in [0.717, 1.165) is 16.7 Å². The van der Waals surface area contributed by atoms with E-state index in [1.807, 2.05) is 62.4 Å². The van der Waals surface area contributed by atoms with Gasteiger partial charge in [-0.2, -0.15) is 4.98 Å². The third-order valence-corrected chi connectivity index (χ3v) is 6.22. The number of halogens is 1. The second-order valence-corrected chi connectivity index (χ2v) is 8.66. The molecule has 4 aromatic rings. The lowest BCUT2D eigenvalue weighted by Crippen LogP contribution is -2.45. The zero-order chi connectivity index (χ0) is 25.2. The highest BCUT2D eigenvalue weighted by Gasteiger charge is 2.36. The summed E-state index contributed by atoms with van der Waals surface area (Å²) in [5, 5.41) is 7.18. The van der Waals surface area contributed by atoms with Gasteiger partial charge in [0.1, 0.15) is 11.6 Å².